The molecule has 3 nitrogen and oxygen atoms in total. The highest BCUT2D eigenvalue weighted by atomic mass is 35.7. The minimum Gasteiger partial charge on any atom is -0.352 e. The van der Waals surface area contributed by atoms with Gasteiger partial charge in [0, 0.05) is 13.0 Å². The lowest BCUT2D eigenvalue weighted by Crippen LogP contribution is -2.06. The van der Waals surface area contributed by atoms with E-state index < -0.39 is 5.84 Å². The van der Waals surface area contributed by atoms with Crippen LogP contribution in [0.5, 0.6) is 0 Å². The quantitative estimate of drug-likeness (QED) is 0.691. The SMILES string of the molecule is OP(=S)(Cl)OC1CCCO1. The van der Waals surface area contributed by atoms with Crippen LogP contribution in [-0.2, 0) is 21.1 Å². The van der Waals surface area contributed by atoms with Gasteiger partial charge in [-0.15, -0.1) is 0 Å². The summed E-state index contributed by atoms with van der Waals surface area (Å²) in [5, 5.41) is 0. The molecular weight excluding hydrogens is 195 g/mol. The maximum absolute atomic E-state index is 8.87. The Morgan fingerprint density at radius 1 is 1.80 bits per heavy atom. The average Bonchev–Trinajstić information content (AvgIpc) is 2.12. The Labute approximate surface area is 69.2 Å². The normalized spacial score (nSPS) is 32.0. The summed E-state index contributed by atoms with van der Waals surface area (Å²) in [5.41, 5.74) is 0. The lowest BCUT2D eigenvalue weighted by Gasteiger charge is -2.12. The Bertz CT molecular complexity index is 153. The first-order valence-corrected chi connectivity index (χ1v) is 6.48. The van der Waals surface area contributed by atoms with Gasteiger partial charge in [0.1, 0.15) is 0 Å². The van der Waals surface area contributed by atoms with Gasteiger partial charge in [-0.25, -0.2) is 0 Å². The van der Waals surface area contributed by atoms with Gasteiger partial charge in [0.05, 0.1) is 0 Å². The molecule has 1 aliphatic heterocycles. The Morgan fingerprint density at radius 2 is 2.50 bits per heavy atom. The van der Waals surface area contributed by atoms with Crippen molar-refractivity contribution in [1.29, 1.82) is 0 Å². The molecule has 0 aromatic carbocycles. The molecule has 10 heavy (non-hydrogen) atoms. The molecule has 0 aliphatic carbocycles. The Morgan fingerprint density at radius 3 is 2.90 bits per heavy atom. The van der Waals surface area contributed by atoms with Gasteiger partial charge in [-0.3, -0.25) is 4.52 Å². The molecule has 0 spiro atoms. The summed E-state index contributed by atoms with van der Waals surface area (Å²) in [7, 11) is 0. The Hall–Kier alpha value is 0.820. The summed E-state index contributed by atoms with van der Waals surface area (Å²) in [6.07, 6.45) is 1.33. The molecule has 1 heterocycles. The van der Waals surface area contributed by atoms with E-state index in [1.807, 2.05) is 0 Å². The molecule has 1 N–H and O–H groups in total. The molecule has 6 heteroatoms. The zero-order valence-corrected chi connectivity index (χ0v) is 7.66. The predicted molar refractivity (Wildman–Crippen MR) is 42.4 cm³/mol. The predicted octanol–water partition coefficient (Wildman–Crippen LogP) is 1.60. The van der Waals surface area contributed by atoms with E-state index in [9.17, 15) is 0 Å². The van der Waals surface area contributed by atoms with Crippen molar-refractivity contribution >= 4 is 28.9 Å². The standard InChI is InChI=1S/C4H8ClO3PS/c5-9(6,10)8-4-2-1-3-7-4/h4H,1-3H2,(H,6,10). The summed E-state index contributed by atoms with van der Waals surface area (Å²) in [4.78, 5) is 8.87. The fraction of sp³-hybridized carbons (Fsp3) is 1.00. The van der Waals surface area contributed by atoms with Crippen LogP contribution in [0.1, 0.15) is 12.8 Å². The van der Waals surface area contributed by atoms with Crippen molar-refractivity contribution in [3.05, 3.63) is 0 Å². The van der Waals surface area contributed by atoms with E-state index in [4.69, 9.17) is 25.4 Å². The van der Waals surface area contributed by atoms with Crippen LogP contribution < -0.4 is 0 Å². The first kappa shape index (κ1) is 8.91. The van der Waals surface area contributed by atoms with Gasteiger partial charge in [0.2, 0.25) is 0 Å². The summed E-state index contributed by atoms with van der Waals surface area (Å²) in [6, 6.07) is 0. The molecule has 1 fully saturated rings. The van der Waals surface area contributed by atoms with Gasteiger partial charge < -0.3 is 9.63 Å². The van der Waals surface area contributed by atoms with Crippen molar-refractivity contribution in [2.75, 3.05) is 6.61 Å². The molecule has 1 saturated heterocycles. The Kier molecular flexibility index (Phi) is 3.10. The smallest absolute Gasteiger partial charge is 0.281 e. The van der Waals surface area contributed by atoms with Gasteiger partial charge in [0.15, 0.2) is 6.29 Å². The van der Waals surface area contributed by atoms with Gasteiger partial charge in [-0.05, 0) is 29.5 Å². The third-order valence-electron chi connectivity index (χ3n) is 1.14. The molecule has 1 rings (SSSR count). The molecule has 0 saturated carbocycles. The van der Waals surface area contributed by atoms with E-state index in [-0.39, 0.29) is 6.29 Å². The second-order valence-corrected chi connectivity index (χ2v) is 6.57. The molecule has 1 aliphatic rings. The molecule has 0 radical (unpaired) electrons. The van der Waals surface area contributed by atoms with Crippen LogP contribution in [0.15, 0.2) is 0 Å². The van der Waals surface area contributed by atoms with E-state index >= 15 is 0 Å². The van der Waals surface area contributed by atoms with Crippen molar-refractivity contribution in [2.45, 2.75) is 19.1 Å². The Balaban J connectivity index is 2.31. The summed E-state index contributed by atoms with van der Waals surface area (Å²) >= 11 is 9.74. The maximum Gasteiger partial charge on any atom is 0.281 e. The molecule has 0 aromatic rings. The van der Waals surface area contributed by atoms with Crippen LogP contribution in [0.25, 0.3) is 0 Å². The van der Waals surface area contributed by atoms with Gasteiger partial charge in [0.25, 0.3) is 5.84 Å². The van der Waals surface area contributed by atoms with Crippen LogP contribution in [0.3, 0.4) is 0 Å². The second kappa shape index (κ2) is 3.48. The fourth-order valence-electron chi connectivity index (χ4n) is 0.776. The highest BCUT2D eigenvalue weighted by Crippen LogP contribution is 2.50. The highest BCUT2D eigenvalue weighted by molar-refractivity contribution is 8.21. The number of hydrogen-bond donors (Lipinski definition) is 1. The molecule has 60 valence electrons. The number of rotatable bonds is 2. The van der Waals surface area contributed by atoms with Gasteiger partial charge >= 0.3 is 0 Å². The van der Waals surface area contributed by atoms with Crippen molar-refractivity contribution in [2.24, 2.45) is 0 Å². The largest absolute Gasteiger partial charge is 0.352 e. The fourth-order valence-corrected chi connectivity index (χ4v) is 1.79. The maximum atomic E-state index is 8.87. The number of halogens is 1. The van der Waals surface area contributed by atoms with Crippen molar-refractivity contribution in [3.8, 4) is 0 Å². The third kappa shape index (κ3) is 3.28. The first-order valence-electron chi connectivity index (χ1n) is 2.90. The van der Waals surface area contributed by atoms with Crippen LogP contribution >= 0.6 is 17.1 Å². The van der Waals surface area contributed by atoms with E-state index in [0.717, 1.165) is 12.8 Å². The van der Waals surface area contributed by atoms with E-state index in [1.54, 1.807) is 0 Å². The molecule has 2 atom stereocenters. The van der Waals surface area contributed by atoms with Crippen LogP contribution in [0.4, 0.5) is 0 Å². The molecule has 0 bridgehead atoms. The molecule has 2 unspecified atom stereocenters. The van der Waals surface area contributed by atoms with Crippen molar-refractivity contribution in [1.82, 2.24) is 0 Å². The monoisotopic (exact) mass is 202 g/mol. The van der Waals surface area contributed by atoms with E-state index in [2.05, 4.69) is 11.8 Å². The summed E-state index contributed by atoms with van der Waals surface area (Å²) < 4.78 is 9.85. The minimum atomic E-state index is -3.03. The lowest BCUT2D eigenvalue weighted by molar-refractivity contribution is -0.0359. The lowest BCUT2D eigenvalue weighted by atomic mass is 10.4. The summed E-state index contributed by atoms with van der Waals surface area (Å²) in [6.45, 7) is 0.664. The van der Waals surface area contributed by atoms with E-state index in [1.165, 1.54) is 0 Å². The van der Waals surface area contributed by atoms with E-state index in [0.29, 0.717) is 6.61 Å². The topological polar surface area (TPSA) is 38.7 Å². The second-order valence-electron chi connectivity index (χ2n) is 2.00. The molecule has 0 aromatic heterocycles. The number of hydrogen-bond acceptors (Lipinski definition) is 3. The van der Waals surface area contributed by atoms with Gasteiger partial charge in [-0.2, -0.15) is 0 Å². The number of ether oxygens (including phenoxy) is 1. The average molecular weight is 203 g/mol. The zero-order chi connectivity index (χ0) is 7.61. The zero-order valence-electron chi connectivity index (χ0n) is 5.20. The van der Waals surface area contributed by atoms with Gasteiger partial charge in [-0.1, -0.05) is 0 Å². The van der Waals surface area contributed by atoms with Crippen molar-refractivity contribution in [3.63, 3.8) is 0 Å². The van der Waals surface area contributed by atoms with Crippen LogP contribution in [0, 0.1) is 0 Å². The summed E-state index contributed by atoms with van der Waals surface area (Å²) in [5.74, 6) is -3.03. The third-order valence-corrected chi connectivity index (χ3v) is 2.13. The minimum absolute atomic E-state index is 0.381. The van der Waals surface area contributed by atoms with Crippen LogP contribution in [0.2, 0.25) is 0 Å². The molecule has 0 amide bonds. The van der Waals surface area contributed by atoms with Crippen molar-refractivity contribution < 1.29 is 14.2 Å². The first-order chi connectivity index (χ1) is 4.58. The molecular formula is C4H8ClO3PS. The van der Waals surface area contributed by atoms with Crippen LogP contribution in [-0.4, -0.2) is 17.8 Å². The highest BCUT2D eigenvalue weighted by Gasteiger charge is 2.22.